The molecule has 0 bridgehead atoms. The summed E-state index contributed by atoms with van der Waals surface area (Å²) in [5, 5.41) is 11.8. The lowest BCUT2D eigenvalue weighted by atomic mass is 10.1. The number of nitrogens with one attached hydrogen (secondary N) is 1. The molecule has 8 nitrogen and oxygen atoms in total. The Kier molecular flexibility index (Phi) is 8.48. The molecule has 8 heteroatoms. The zero-order valence-corrected chi connectivity index (χ0v) is 18.1. The number of hydrogen-bond donors (Lipinski definition) is 2. The van der Waals surface area contributed by atoms with Gasteiger partial charge in [0.1, 0.15) is 11.2 Å². The molecule has 1 rings (SSSR count). The zero-order chi connectivity index (χ0) is 22.2. The lowest BCUT2D eigenvalue weighted by molar-refractivity contribution is 0.0231. The number of rotatable bonds is 7. The Balaban J connectivity index is 2.74. The molecule has 1 aromatic carbocycles. The van der Waals surface area contributed by atoms with Gasteiger partial charge in [-0.15, -0.1) is 0 Å². The summed E-state index contributed by atoms with van der Waals surface area (Å²) in [4.78, 5) is 37.0. The van der Waals surface area contributed by atoms with Gasteiger partial charge in [-0.2, -0.15) is 0 Å². The van der Waals surface area contributed by atoms with Crippen LogP contribution in [0.4, 0.5) is 9.59 Å². The summed E-state index contributed by atoms with van der Waals surface area (Å²) in [6, 6.07) is 6.41. The molecule has 0 radical (unpaired) electrons. The Morgan fingerprint density at radius 3 is 2.21 bits per heavy atom. The largest absolute Gasteiger partial charge is 0.478 e. The van der Waals surface area contributed by atoms with Crippen molar-refractivity contribution in [2.75, 3.05) is 13.1 Å². The first-order valence-corrected chi connectivity index (χ1v) is 9.54. The fraction of sp³-hybridized carbons (Fsp3) is 0.571. The summed E-state index contributed by atoms with van der Waals surface area (Å²) in [5.74, 6) is -1.03. The first-order chi connectivity index (χ1) is 13.3. The maximum absolute atomic E-state index is 12.6. The summed E-state index contributed by atoms with van der Waals surface area (Å²) in [7, 11) is 0. The standard InChI is InChI=1S/C21H32N2O6/c1-20(2,3)28-18(26)22-11-8-12-23(19(27)29-21(4,5)6)14-15-9-7-10-16(13-15)17(24)25/h7,9-10,13H,8,11-12,14H2,1-6H3,(H,22,26)(H,24,25). The van der Waals surface area contributed by atoms with E-state index in [0.29, 0.717) is 25.1 Å². The molecule has 0 saturated carbocycles. The Labute approximate surface area is 172 Å². The molecule has 2 amide bonds. The van der Waals surface area contributed by atoms with Gasteiger partial charge in [0.2, 0.25) is 0 Å². The SMILES string of the molecule is CC(C)(C)OC(=O)NCCCN(Cc1cccc(C(=O)O)c1)C(=O)OC(C)(C)C. The number of aromatic carboxylic acids is 1. The minimum atomic E-state index is -1.03. The minimum Gasteiger partial charge on any atom is -0.478 e. The van der Waals surface area contributed by atoms with Crippen molar-refractivity contribution in [3.8, 4) is 0 Å². The molecule has 2 N–H and O–H groups in total. The first-order valence-electron chi connectivity index (χ1n) is 9.54. The van der Waals surface area contributed by atoms with Crippen LogP contribution >= 0.6 is 0 Å². The van der Waals surface area contributed by atoms with E-state index in [9.17, 15) is 14.4 Å². The van der Waals surface area contributed by atoms with Crippen molar-refractivity contribution in [2.24, 2.45) is 0 Å². The van der Waals surface area contributed by atoms with E-state index in [-0.39, 0.29) is 12.1 Å². The molecule has 1 aromatic rings. The van der Waals surface area contributed by atoms with Crippen molar-refractivity contribution in [1.82, 2.24) is 10.2 Å². The van der Waals surface area contributed by atoms with Gasteiger partial charge in [0, 0.05) is 19.6 Å². The van der Waals surface area contributed by atoms with Crippen LogP contribution in [0, 0.1) is 0 Å². The number of hydrogen-bond acceptors (Lipinski definition) is 5. The molecule has 0 atom stereocenters. The molecule has 162 valence electrons. The van der Waals surface area contributed by atoms with Gasteiger partial charge in [-0.05, 0) is 65.7 Å². The van der Waals surface area contributed by atoms with E-state index >= 15 is 0 Å². The van der Waals surface area contributed by atoms with Gasteiger partial charge in [0.25, 0.3) is 0 Å². The molecule has 0 fully saturated rings. The Hall–Kier alpha value is -2.77. The topological polar surface area (TPSA) is 105 Å². The van der Waals surface area contributed by atoms with E-state index in [2.05, 4.69) is 5.32 Å². The van der Waals surface area contributed by atoms with Crippen molar-refractivity contribution in [1.29, 1.82) is 0 Å². The molecular formula is C21H32N2O6. The Bertz CT molecular complexity index is 719. The average Bonchev–Trinajstić information content (AvgIpc) is 2.54. The smallest absolute Gasteiger partial charge is 0.410 e. The summed E-state index contributed by atoms with van der Waals surface area (Å²) in [6.07, 6.45) is -0.539. The molecule has 0 saturated heterocycles. The van der Waals surface area contributed by atoms with Crippen LogP contribution in [-0.2, 0) is 16.0 Å². The number of carboxylic acids is 1. The van der Waals surface area contributed by atoms with Crippen molar-refractivity contribution in [3.05, 3.63) is 35.4 Å². The third kappa shape index (κ3) is 10.4. The van der Waals surface area contributed by atoms with E-state index < -0.39 is 29.4 Å². The molecular weight excluding hydrogens is 376 g/mol. The van der Waals surface area contributed by atoms with Crippen LogP contribution in [0.25, 0.3) is 0 Å². The third-order valence-electron chi connectivity index (χ3n) is 3.47. The van der Waals surface area contributed by atoms with Crippen LogP contribution in [0.1, 0.15) is 63.9 Å². The van der Waals surface area contributed by atoms with E-state index in [4.69, 9.17) is 14.6 Å². The summed E-state index contributed by atoms with van der Waals surface area (Å²) < 4.78 is 10.6. The summed E-state index contributed by atoms with van der Waals surface area (Å²) >= 11 is 0. The number of amides is 2. The number of alkyl carbamates (subject to hydrolysis) is 1. The maximum atomic E-state index is 12.6. The zero-order valence-electron chi connectivity index (χ0n) is 18.1. The third-order valence-corrected chi connectivity index (χ3v) is 3.47. The molecule has 0 aromatic heterocycles. The Morgan fingerprint density at radius 2 is 1.66 bits per heavy atom. The maximum Gasteiger partial charge on any atom is 0.410 e. The van der Waals surface area contributed by atoms with Crippen LogP contribution in [0.15, 0.2) is 24.3 Å². The minimum absolute atomic E-state index is 0.151. The highest BCUT2D eigenvalue weighted by Crippen LogP contribution is 2.14. The number of ether oxygens (including phenoxy) is 2. The van der Waals surface area contributed by atoms with E-state index in [1.807, 2.05) is 0 Å². The molecule has 0 aliphatic carbocycles. The van der Waals surface area contributed by atoms with E-state index in [1.54, 1.807) is 53.7 Å². The van der Waals surface area contributed by atoms with Gasteiger partial charge >= 0.3 is 18.2 Å². The predicted molar refractivity (Wildman–Crippen MR) is 109 cm³/mol. The highest BCUT2D eigenvalue weighted by atomic mass is 16.6. The molecule has 29 heavy (non-hydrogen) atoms. The fourth-order valence-corrected chi connectivity index (χ4v) is 2.36. The van der Waals surface area contributed by atoms with Crippen molar-refractivity contribution in [3.63, 3.8) is 0 Å². The van der Waals surface area contributed by atoms with Crippen LogP contribution in [-0.4, -0.2) is 52.5 Å². The van der Waals surface area contributed by atoms with Gasteiger partial charge in [-0.25, -0.2) is 14.4 Å². The molecule has 0 spiro atoms. The lowest BCUT2D eigenvalue weighted by Gasteiger charge is -2.27. The highest BCUT2D eigenvalue weighted by molar-refractivity contribution is 5.87. The predicted octanol–water partition coefficient (Wildman–Crippen LogP) is 4.04. The fourth-order valence-electron chi connectivity index (χ4n) is 2.36. The van der Waals surface area contributed by atoms with Crippen LogP contribution in [0.2, 0.25) is 0 Å². The monoisotopic (exact) mass is 408 g/mol. The van der Waals surface area contributed by atoms with Gasteiger partial charge in [0.05, 0.1) is 5.56 Å². The van der Waals surface area contributed by atoms with Crippen LogP contribution in [0.3, 0.4) is 0 Å². The van der Waals surface area contributed by atoms with Gasteiger partial charge < -0.3 is 24.8 Å². The average molecular weight is 408 g/mol. The normalized spacial score (nSPS) is 11.5. The van der Waals surface area contributed by atoms with Crippen LogP contribution in [0.5, 0.6) is 0 Å². The number of benzene rings is 1. The second-order valence-electron chi connectivity index (χ2n) is 8.69. The molecule has 0 aliphatic heterocycles. The summed E-state index contributed by atoms with van der Waals surface area (Å²) in [5.41, 5.74) is -0.413. The Morgan fingerprint density at radius 1 is 1.03 bits per heavy atom. The molecule has 0 heterocycles. The highest BCUT2D eigenvalue weighted by Gasteiger charge is 2.22. The van der Waals surface area contributed by atoms with E-state index in [1.165, 1.54) is 17.0 Å². The second kappa shape index (κ2) is 10.1. The van der Waals surface area contributed by atoms with Crippen molar-refractivity contribution >= 4 is 18.2 Å². The van der Waals surface area contributed by atoms with Crippen molar-refractivity contribution in [2.45, 2.75) is 65.7 Å². The van der Waals surface area contributed by atoms with Crippen molar-refractivity contribution < 1.29 is 29.0 Å². The van der Waals surface area contributed by atoms with Gasteiger partial charge in [-0.1, -0.05) is 12.1 Å². The van der Waals surface area contributed by atoms with Gasteiger partial charge in [0.15, 0.2) is 0 Å². The second-order valence-corrected chi connectivity index (χ2v) is 8.69. The number of carbonyl (C=O) groups excluding carboxylic acids is 2. The molecule has 0 aliphatic rings. The lowest BCUT2D eigenvalue weighted by Crippen LogP contribution is -2.38. The summed E-state index contributed by atoms with van der Waals surface area (Å²) in [6.45, 7) is 11.5. The number of carboxylic acid groups (broad SMARTS) is 1. The number of nitrogens with zero attached hydrogens (tertiary/aromatic N) is 1. The first kappa shape index (κ1) is 24.3. The van der Waals surface area contributed by atoms with E-state index in [0.717, 1.165) is 0 Å². The number of carbonyl (C=O) groups is 3. The van der Waals surface area contributed by atoms with Gasteiger partial charge in [-0.3, -0.25) is 0 Å². The van der Waals surface area contributed by atoms with Crippen LogP contribution < -0.4 is 5.32 Å². The molecule has 0 unspecified atom stereocenters. The quantitative estimate of drug-likeness (QED) is 0.660.